The molecule has 0 aliphatic heterocycles. The molecular formula is C9H10ClFN2O. The van der Waals surface area contributed by atoms with Crippen LogP contribution in [0.25, 0.3) is 0 Å². The first-order chi connectivity index (χ1) is 6.50. The second-order valence-corrected chi connectivity index (χ2v) is 3.34. The summed E-state index contributed by atoms with van der Waals surface area (Å²) >= 11 is 5.54. The van der Waals surface area contributed by atoms with Crippen LogP contribution in [0.15, 0.2) is 18.2 Å². The van der Waals surface area contributed by atoms with Gasteiger partial charge in [-0.1, -0.05) is 11.6 Å². The molecular weight excluding hydrogens is 207 g/mol. The molecule has 0 heterocycles. The van der Waals surface area contributed by atoms with Crippen molar-refractivity contribution < 1.29 is 9.18 Å². The van der Waals surface area contributed by atoms with Gasteiger partial charge in [-0.3, -0.25) is 4.79 Å². The van der Waals surface area contributed by atoms with Crippen LogP contribution in [0.2, 0.25) is 5.02 Å². The van der Waals surface area contributed by atoms with Crippen molar-refractivity contribution in [2.75, 3.05) is 5.32 Å². The Bertz CT molecular complexity index is 355. The van der Waals surface area contributed by atoms with E-state index in [9.17, 15) is 9.18 Å². The summed E-state index contributed by atoms with van der Waals surface area (Å²) < 4.78 is 13.1. The van der Waals surface area contributed by atoms with E-state index in [0.717, 1.165) is 6.07 Å². The van der Waals surface area contributed by atoms with Crippen LogP contribution in [0.5, 0.6) is 0 Å². The molecule has 0 saturated carbocycles. The quantitative estimate of drug-likeness (QED) is 0.792. The topological polar surface area (TPSA) is 55.1 Å². The Morgan fingerprint density at radius 3 is 2.79 bits per heavy atom. The van der Waals surface area contributed by atoms with E-state index in [2.05, 4.69) is 5.32 Å². The highest BCUT2D eigenvalue weighted by atomic mass is 35.5. The van der Waals surface area contributed by atoms with Gasteiger partial charge < -0.3 is 11.1 Å². The van der Waals surface area contributed by atoms with Gasteiger partial charge in [0.05, 0.1) is 11.7 Å². The van der Waals surface area contributed by atoms with Gasteiger partial charge in [-0.15, -0.1) is 0 Å². The Morgan fingerprint density at radius 2 is 2.29 bits per heavy atom. The molecule has 0 fully saturated rings. The van der Waals surface area contributed by atoms with Crippen molar-refractivity contribution in [3.8, 4) is 0 Å². The van der Waals surface area contributed by atoms with Crippen molar-refractivity contribution in [3.05, 3.63) is 29.0 Å². The Kier molecular flexibility index (Phi) is 3.43. The maximum absolute atomic E-state index is 13.1. The molecule has 1 aromatic rings. The lowest BCUT2D eigenvalue weighted by atomic mass is 10.2. The Labute approximate surface area is 86.0 Å². The molecule has 3 nitrogen and oxygen atoms in total. The summed E-state index contributed by atoms with van der Waals surface area (Å²) in [5.74, 6) is -1.02. The fourth-order valence-electron chi connectivity index (χ4n) is 0.837. The number of nitrogens with one attached hydrogen (secondary N) is 1. The molecule has 0 radical (unpaired) electrons. The number of halogens is 2. The van der Waals surface area contributed by atoms with E-state index in [1.807, 2.05) is 0 Å². The zero-order valence-corrected chi connectivity index (χ0v) is 8.31. The van der Waals surface area contributed by atoms with Crippen LogP contribution in [0.4, 0.5) is 10.1 Å². The lowest BCUT2D eigenvalue weighted by molar-refractivity contribution is -0.117. The molecule has 0 aliphatic carbocycles. The maximum Gasteiger partial charge on any atom is 0.241 e. The standard InChI is InChI=1S/C9H10ClFN2O/c1-5(12)9(14)13-8-3-2-6(10)4-7(8)11/h2-5H,12H2,1H3,(H,13,14). The number of carbonyl (C=O) groups is 1. The van der Waals surface area contributed by atoms with Crippen LogP contribution in [0.1, 0.15) is 6.92 Å². The van der Waals surface area contributed by atoms with Crippen molar-refractivity contribution >= 4 is 23.2 Å². The average molecular weight is 217 g/mol. The first-order valence-electron chi connectivity index (χ1n) is 4.02. The first-order valence-corrected chi connectivity index (χ1v) is 4.40. The molecule has 0 saturated heterocycles. The smallest absolute Gasteiger partial charge is 0.241 e. The molecule has 5 heteroatoms. The fourth-order valence-corrected chi connectivity index (χ4v) is 0.996. The van der Waals surface area contributed by atoms with E-state index in [1.165, 1.54) is 19.1 Å². The van der Waals surface area contributed by atoms with E-state index in [-0.39, 0.29) is 10.7 Å². The Hall–Kier alpha value is -1.13. The molecule has 14 heavy (non-hydrogen) atoms. The molecule has 0 spiro atoms. The van der Waals surface area contributed by atoms with Gasteiger partial charge >= 0.3 is 0 Å². The summed E-state index contributed by atoms with van der Waals surface area (Å²) in [7, 11) is 0. The van der Waals surface area contributed by atoms with Gasteiger partial charge in [0.2, 0.25) is 5.91 Å². The van der Waals surface area contributed by atoms with Crippen LogP contribution >= 0.6 is 11.6 Å². The van der Waals surface area contributed by atoms with Crippen molar-refractivity contribution in [2.45, 2.75) is 13.0 Å². The molecule has 1 aromatic carbocycles. The molecule has 0 bridgehead atoms. The minimum absolute atomic E-state index is 0.0803. The minimum Gasteiger partial charge on any atom is -0.322 e. The lowest BCUT2D eigenvalue weighted by Crippen LogP contribution is -2.32. The summed E-state index contributed by atoms with van der Waals surface area (Å²) in [6.45, 7) is 1.52. The van der Waals surface area contributed by atoms with Gasteiger partial charge in [0.1, 0.15) is 5.82 Å². The molecule has 0 aromatic heterocycles. The molecule has 76 valence electrons. The largest absolute Gasteiger partial charge is 0.322 e. The molecule has 1 unspecified atom stereocenters. The number of benzene rings is 1. The summed E-state index contributed by atoms with van der Waals surface area (Å²) in [6.07, 6.45) is 0. The third kappa shape index (κ3) is 2.68. The second-order valence-electron chi connectivity index (χ2n) is 2.90. The van der Waals surface area contributed by atoms with E-state index in [0.29, 0.717) is 0 Å². The maximum atomic E-state index is 13.1. The van der Waals surface area contributed by atoms with Crippen molar-refractivity contribution in [1.29, 1.82) is 0 Å². The highest BCUT2D eigenvalue weighted by Crippen LogP contribution is 2.18. The first kappa shape index (κ1) is 10.9. The van der Waals surface area contributed by atoms with Crippen LogP contribution in [-0.2, 0) is 4.79 Å². The summed E-state index contributed by atoms with van der Waals surface area (Å²) in [5.41, 5.74) is 5.38. The molecule has 1 atom stereocenters. The zero-order valence-electron chi connectivity index (χ0n) is 7.55. The van der Waals surface area contributed by atoms with Crippen LogP contribution in [0.3, 0.4) is 0 Å². The Morgan fingerprint density at radius 1 is 1.64 bits per heavy atom. The van der Waals surface area contributed by atoms with E-state index in [1.54, 1.807) is 0 Å². The lowest BCUT2D eigenvalue weighted by Gasteiger charge is -2.08. The number of rotatable bonds is 2. The van der Waals surface area contributed by atoms with Crippen LogP contribution < -0.4 is 11.1 Å². The number of carbonyl (C=O) groups excluding carboxylic acids is 1. The van der Waals surface area contributed by atoms with E-state index in [4.69, 9.17) is 17.3 Å². The highest BCUT2D eigenvalue weighted by Gasteiger charge is 2.10. The average Bonchev–Trinajstić information content (AvgIpc) is 2.09. The highest BCUT2D eigenvalue weighted by molar-refractivity contribution is 6.30. The summed E-state index contributed by atoms with van der Waals surface area (Å²) in [6, 6.07) is 3.32. The number of hydrogen-bond donors (Lipinski definition) is 2. The normalized spacial score (nSPS) is 12.3. The fraction of sp³-hybridized carbons (Fsp3) is 0.222. The number of anilines is 1. The van der Waals surface area contributed by atoms with Gasteiger partial charge in [-0.25, -0.2) is 4.39 Å². The van der Waals surface area contributed by atoms with E-state index < -0.39 is 17.8 Å². The van der Waals surface area contributed by atoms with Crippen molar-refractivity contribution in [1.82, 2.24) is 0 Å². The van der Waals surface area contributed by atoms with Gasteiger partial charge in [0.25, 0.3) is 0 Å². The number of hydrogen-bond acceptors (Lipinski definition) is 2. The molecule has 1 amide bonds. The second kappa shape index (κ2) is 4.39. The molecule has 1 rings (SSSR count). The monoisotopic (exact) mass is 216 g/mol. The van der Waals surface area contributed by atoms with E-state index >= 15 is 0 Å². The molecule has 3 N–H and O–H groups in total. The summed E-state index contributed by atoms with van der Waals surface area (Å²) in [4.78, 5) is 11.1. The van der Waals surface area contributed by atoms with Gasteiger partial charge in [-0.05, 0) is 25.1 Å². The SMILES string of the molecule is CC(N)C(=O)Nc1ccc(Cl)cc1F. The van der Waals surface area contributed by atoms with Crippen molar-refractivity contribution in [3.63, 3.8) is 0 Å². The molecule has 0 aliphatic rings. The Balaban J connectivity index is 2.82. The number of amides is 1. The van der Waals surface area contributed by atoms with Gasteiger partial charge in [-0.2, -0.15) is 0 Å². The van der Waals surface area contributed by atoms with Crippen LogP contribution in [0, 0.1) is 5.82 Å². The predicted molar refractivity (Wildman–Crippen MR) is 53.7 cm³/mol. The minimum atomic E-state index is -0.676. The predicted octanol–water partition coefficient (Wildman–Crippen LogP) is 1.76. The van der Waals surface area contributed by atoms with Gasteiger partial charge in [0.15, 0.2) is 0 Å². The third-order valence-corrected chi connectivity index (χ3v) is 1.84. The zero-order chi connectivity index (χ0) is 10.7. The summed E-state index contributed by atoms with van der Waals surface area (Å²) in [5, 5.41) is 2.62. The van der Waals surface area contributed by atoms with Crippen molar-refractivity contribution in [2.24, 2.45) is 5.73 Å². The van der Waals surface area contributed by atoms with Crippen LogP contribution in [-0.4, -0.2) is 11.9 Å². The number of nitrogens with two attached hydrogens (primary N) is 1. The third-order valence-electron chi connectivity index (χ3n) is 1.60. The van der Waals surface area contributed by atoms with Gasteiger partial charge in [0, 0.05) is 5.02 Å².